The molecule has 1 aliphatic carbocycles. The lowest BCUT2D eigenvalue weighted by molar-refractivity contribution is -0.121. The molecule has 2 fully saturated rings. The third-order valence-electron chi connectivity index (χ3n) is 5.22. The van der Waals surface area contributed by atoms with Crippen LogP contribution in [0.4, 0.5) is 0 Å². The highest BCUT2D eigenvalue weighted by atomic mass is 16.2. The molecular weight excluding hydrogens is 316 g/mol. The molecule has 0 radical (unpaired) electrons. The molecule has 6 heteroatoms. The molecule has 0 bridgehead atoms. The quantitative estimate of drug-likeness (QED) is 0.926. The minimum absolute atomic E-state index is 0.0366. The first-order valence-electron chi connectivity index (χ1n) is 8.78. The number of aromatic nitrogens is 2. The van der Waals surface area contributed by atoms with Gasteiger partial charge in [0.05, 0.1) is 29.1 Å². The van der Waals surface area contributed by atoms with Crippen LogP contribution in [0.3, 0.4) is 0 Å². The Kier molecular flexibility index (Phi) is 3.82. The minimum atomic E-state index is -0.326. The van der Waals surface area contributed by atoms with E-state index in [2.05, 4.69) is 5.10 Å². The van der Waals surface area contributed by atoms with Crippen LogP contribution >= 0.6 is 0 Å². The summed E-state index contributed by atoms with van der Waals surface area (Å²) in [6.45, 7) is 3.03. The number of likely N-dealkylation sites (tertiary alicyclic amines) is 1. The molecule has 25 heavy (non-hydrogen) atoms. The molecule has 0 spiro atoms. The van der Waals surface area contributed by atoms with Crippen LogP contribution in [0.1, 0.15) is 46.8 Å². The van der Waals surface area contributed by atoms with E-state index in [0.29, 0.717) is 31.0 Å². The molecule has 2 N–H and O–H groups in total. The highest BCUT2D eigenvalue weighted by Crippen LogP contribution is 2.43. The van der Waals surface area contributed by atoms with Gasteiger partial charge in [0.1, 0.15) is 0 Å². The van der Waals surface area contributed by atoms with Gasteiger partial charge in [-0.25, -0.2) is 4.68 Å². The summed E-state index contributed by atoms with van der Waals surface area (Å²) in [6.07, 6.45) is 4.50. The summed E-state index contributed by atoms with van der Waals surface area (Å²) in [4.78, 5) is 26.1. The van der Waals surface area contributed by atoms with E-state index < -0.39 is 0 Å². The highest BCUT2D eigenvalue weighted by Gasteiger charge is 2.36. The average Bonchev–Trinajstić information content (AvgIpc) is 3.15. The van der Waals surface area contributed by atoms with Gasteiger partial charge in [0.2, 0.25) is 5.91 Å². The number of rotatable bonds is 4. The Bertz CT molecular complexity index is 838. The molecule has 1 saturated carbocycles. The largest absolute Gasteiger partial charge is 0.369 e. The highest BCUT2D eigenvalue weighted by molar-refractivity contribution is 5.96. The second-order valence-electron chi connectivity index (χ2n) is 7.06. The number of para-hydroxylation sites is 1. The molecule has 130 valence electrons. The van der Waals surface area contributed by atoms with Crippen LogP contribution in [0.15, 0.2) is 30.5 Å². The van der Waals surface area contributed by atoms with Gasteiger partial charge < -0.3 is 10.6 Å². The normalized spacial score (nSPS) is 20.0. The Labute approximate surface area is 146 Å². The summed E-state index contributed by atoms with van der Waals surface area (Å²) in [5.74, 6) is -0.214. The van der Waals surface area contributed by atoms with Gasteiger partial charge in [0, 0.05) is 19.0 Å². The average molecular weight is 338 g/mol. The maximum absolute atomic E-state index is 13.0. The van der Waals surface area contributed by atoms with Crippen molar-refractivity contribution in [2.75, 3.05) is 13.1 Å². The van der Waals surface area contributed by atoms with Gasteiger partial charge in [0.25, 0.3) is 5.91 Å². The van der Waals surface area contributed by atoms with Crippen molar-refractivity contribution in [1.29, 1.82) is 0 Å². The number of benzene rings is 1. The van der Waals surface area contributed by atoms with Crippen molar-refractivity contribution in [3.8, 4) is 5.69 Å². The van der Waals surface area contributed by atoms with Gasteiger partial charge in [-0.2, -0.15) is 5.10 Å². The van der Waals surface area contributed by atoms with Crippen molar-refractivity contribution < 1.29 is 9.59 Å². The fourth-order valence-electron chi connectivity index (χ4n) is 3.61. The van der Waals surface area contributed by atoms with E-state index in [0.717, 1.165) is 29.8 Å². The smallest absolute Gasteiger partial charge is 0.257 e. The predicted octanol–water partition coefficient (Wildman–Crippen LogP) is 2.01. The molecule has 1 aromatic carbocycles. The monoisotopic (exact) mass is 338 g/mol. The number of hydrogen-bond donors (Lipinski definition) is 1. The minimum Gasteiger partial charge on any atom is -0.369 e. The van der Waals surface area contributed by atoms with E-state index in [-0.39, 0.29) is 17.7 Å². The number of nitrogens with two attached hydrogens (primary N) is 1. The van der Waals surface area contributed by atoms with E-state index in [1.165, 1.54) is 0 Å². The molecule has 1 saturated heterocycles. The van der Waals surface area contributed by atoms with Gasteiger partial charge in [-0.15, -0.1) is 0 Å². The molecule has 2 amide bonds. The molecule has 1 aromatic heterocycles. The summed E-state index contributed by atoms with van der Waals surface area (Å²) in [6, 6.07) is 8.06. The Morgan fingerprint density at radius 1 is 1.20 bits per heavy atom. The van der Waals surface area contributed by atoms with E-state index in [9.17, 15) is 9.59 Å². The summed E-state index contributed by atoms with van der Waals surface area (Å²) in [5.41, 5.74) is 9.19. The lowest BCUT2D eigenvalue weighted by Crippen LogP contribution is -2.32. The Morgan fingerprint density at radius 2 is 1.96 bits per heavy atom. The second kappa shape index (κ2) is 6.02. The number of amides is 2. The fourth-order valence-corrected chi connectivity index (χ4v) is 3.61. The van der Waals surface area contributed by atoms with Crippen LogP contribution in [0.25, 0.3) is 5.69 Å². The number of primary amides is 1. The van der Waals surface area contributed by atoms with E-state index >= 15 is 0 Å². The standard InChI is InChI=1S/C19H22N4O2/c1-12-4-2-3-5-16(12)23-17(13-6-7-13)15(10-21-23)19(25)22-9-8-14(11-22)18(20)24/h2-5,10,13-14H,6-9,11H2,1H3,(H2,20,24)/t14-/m1/s1. The van der Waals surface area contributed by atoms with Crippen molar-refractivity contribution >= 4 is 11.8 Å². The molecule has 4 rings (SSSR count). The Morgan fingerprint density at radius 3 is 2.60 bits per heavy atom. The SMILES string of the molecule is Cc1ccccc1-n1ncc(C(=O)N2CC[C@@H](C(N)=O)C2)c1C1CC1. The van der Waals surface area contributed by atoms with Crippen LogP contribution in [0.2, 0.25) is 0 Å². The second-order valence-corrected chi connectivity index (χ2v) is 7.06. The van der Waals surface area contributed by atoms with Crippen LogP contribution in [-0.2, 0) is 4.79 Å². The van der Waals surface area contributed by atoms with Crippen LogP contribution in [0.5, 0.6) is 0 Å². The zero-order valence-corrected chi connectivity index (χ0v) is 14.3. The number of carbonyl (C=O) groups is 2. The lowest BCUT2D eigenvalue weighted by Gasteiger charge is -2.17. The molecule has 0 unspecified atom stereocenters. The molecule has 2 heterocycles. The van der Waals surface area contributed by atoms with E-state index in [4.69, 9.17) is 5.73 Å². The van der Waals surface area contributed by atoms with Crippen molar-refractivity contribution in [1.82, 2.24) is 14.7 Å². The zero-order valence-electron chi connectivity index (χ0n) is 14.3. The van der Waals surface area contributed by atoms with E-state index in [1.807, 2.05) is 35.9 Å². The summed E-state index contributed by atoms with van der Waals surface area (Å²) >= 11 is 0. The van der Waals surface area contributed by atoms with Gasteiger partial charge in [-0.1, -0.05) is 18.2 Å². The van der Waals surface area contributed by atoms with Crippen LogP contribution in [-0.4, -0.2) is 39.6 Å². The maximum Gasteiger partial charge on any atom is 0.257 e. The van der Waals surface area contributed by atoms with E-state index in [1.54, 1.807) is 11.1 Å². The maximum atomic E-state index is 13.0. The van der Waals surface area contributed by atoms with Crippen LogP contribution in [0, 0.1) is 12.8 Å². The van der Waals surface area contributed by atoms with Crippen LogP contribution < -0.4 is 5.73 Å². The number of hydrogen-bond acceptors (Lipinski definition) is 3. The summed E-state index contributed by atoms with van der Waals surface area (Å²) < 4.78 is 1.92. The first-order chi connectivity index (χ1) is 12.1. The fraction of sp³-hybridized carbons (Fsp3) is 0.421. The van der Waals surface area contributed by atoms with Gasteiger partial charge in [0.15, 0.2) is 0 Å². The molecule has 1 atom stereocenters. The molecule has 2 aliphatic rings. The van der Waals surface area contributed by atoms with Gasteiger partial charge in [-0.05, 0) is 37.8 Å². The molecular formula is C19H22N4O2. The third kappa shape index (κ3) is 2.81. The Balaban J connectivity index is 1.68. The van der Waals surface area contributed by atoms with Crippen molar-refractivity contribution in [3.05, 3.63) is 47.3 Å². The van der Waals surface area contributed by atoms with Crippen molar-refractivity contribution in [2.45, 2.75) is 32.1 Å². The lowest BCUT2D eigenvalue weighted by atomic mass is 10.1. The predicted molar refractivity (Wildman–Crippen MR) is 93.5 cm³/mol. The van der Waals surface area contributed by atoms with Crippen molar-refractivity contribution in [3.63, 3.8) is 0 Å². The zero-order chi connectivity index (χ0) is 17.6. The summed E-state index contributed by atoms with van der Waals surface area (Å²) in [7, 11) is 0. The molecule has 6 nitrogen and oxygen atoms in total. The molecule has 2 aromatic rings. The van der Waals surface area contributed by atoms with Gasteiger partial charge in [-0.3, -0.25) is 9.59 Å². The topological polar surface area (TPSA) is 81.2 Å². The third-order valence-corrected chi connectivity index (χ3v) is 5.22. The Hall–Kier alpha value is -2.63. The number of aryl methyl sites for hydroxylation is 1. The number of carbonyl (C=O) groups excluding carboxylic acids is 2. The van der Waals surface area contributed by atoms with Crippen molar-refractivity contribution in [2.24, 2.45) is 11.7 Å². The summed E-state index contributed by atoms with van der Waals surface area (Å²) in [5, 5.41) is 4.53. The molecule has 1 aliphatic heterocycles. The van der Waals surface area contributed by atoms with Gasteiger partial charge >= 0.3 is 0 Å². The first kappa shape index (κ1) is 15.9. The first-order valence-corrected chi connectivity index (χ1v) is 8.78. The number of nitrogens with zero attached hydrogens (tertiary/aromatic N) is 3.